The number of hydrogen-bond acceptors (Lipinski definition) is 2. The van der Waals surface area contributed by atoms with E-state index in [1.807, 2.05) is 0 Å². The van der Waals surface area contributed by atoms with Crippen LogP contribution in [0.15, 0.2) is 24.3 Å². The van der Waals surface area contributed by atoms with Crippen LogP contribution in [0.5, 0.6) is 0 Å². The van der Waals surface area contributed by atoms with E-state index in [0.29, 0.717) is 0 Å². The quantitative estimate of drug-likeness (QED) is 0.508. The van der Waals surface area contributed by atoms with Crippen LogP contribution in [-0.2, 0) is 4.74 Å². The second-order valence-electron chi connectivity index (χ2n) is 2.92. The van der Waals surface area contributed by atoms with Crippen molar-refractivity contribution in [3.8, 4) is 0 Å². The fourth-order valence-corrected chi connectivity index (χ4v) is 1.08. The van der Waals surface area contributed by atoms with Gasteiger partial charge in [-0.1, -0.05) is 18.2 Å². The van der Waals surface area contributed by atoms with Crippen molar-refractivity contribution in [2.75, 3.05) is 6.61 Å². The van der Waals surface area contributed by atoms with E-state index in [2.05, 4.69) is 4.74 Å². The summed E-state index contributed by atoms with van der Waals surface area (Å²) < 4.78 is 41.6. The van der Waals surface area contributed by atoms with Crippen molar-refractivity contribution in [1.82, 2.24) is 0 Å². The number of hydrogen-bond donors (Lipinski definition) is 0. The van der Waals surface area contributed by atoms with Crippen LogP contribution < -0.4 is 56.8 Å². The molecule has 0 spiro atoms. The summed E-state index contributed by atoms with van der Waals surface area (Å²) in [5, 5.41) is 0. The molecule has 0 N–H and O–H groups in total. The first kappa shape index (κ1) is 16.2. The Morgan fingerprint density at radius 2 is 2.00 bits per heavy atom. The summed E-state index contributed by atoms with van der Waals surface area (Å²) >= 11 is 0. The fourth-order valence-electron chi connectivity index (χ4n) is 1.08. The SMILES string of the molecule is CCOC(=O)c1cccc([B-](F)(F)F)c1.[K+]. The van der Waals surface area contributed by atoms with E-state index in [-0.39, 0.29) is 63.6 Å². The topological polar surface area (TPSA) is 26.3 Å². The number of esters is 1. The molecule has 0 saturated heterocycles. The summed E-state index contributed by atoms with van der Waals surface area (Å²) in [6.07, 6.45) is 0. The molecule has 1 aromatic carbocycles. The van der Waals surface area contributed by atoms with Crippen molar-refractivity contribution in [3.05, 3.63) is 29.8 Å². The van der Waals surface area contributed by atoms with Crippen molar-refractivity contribution in [1.29, 1.82) is 0 Å². The number of halogens is 3. The maximum absolute atomic E-state index is 12.3. The summed E-state index contributed by atoms with van der Waals surface area (Å²) in [5.41, 5.74) is -0.867. The summed E-state index contributed by atoms with van der Waals surface area (Å²) in [6.45, 7) is -3.34. The predicted molar refractivity (Wildman–Crippen MR) is 51.1 cm³/mol. The minimum absolute atomic E-state index is 0. The molecular formula is C9H9BF3KO2. The van der Waals surface area contributed by atoms with Crippen molar-refractivity contribution in [2.45, 2.75) is 6.92 Å². The molecule has 0 saturated carbocycles. The molecule has 0 radical (unpaired) electrons. The van der Waals surface area contributed by atoms with Crippen LogP contribution in [-0.4, -0.2) is 19.6 Å². The maximum atomic E-state index is 12.3. The Bertz CT molecular complexity index is 368. The van der Waals surface area contributed by atoms with Gasteiger partial charge in [0.25, 0.3) is 0 Å². The molecular weight excluding hydrogens is 247 g/mol. The standard InChI is InChI=1S/C9H9BF3O2.K/c1-2-15-9(14)7-4-3-5-8(6-7)10(11,12)13;/h3-6H,2H2,1H3;/q-1;+1. The third-order valence-corrected chi connectivity index (χ3v) is 1.78. The molecule has 0 aromatic heterocycles. The molecule has 7 heteroatoms. The van der Waals surface area contributed by atoms with E-state index >= 15 is 0 Å². The second-order valence-corrected chi connectivity index (χ2v) is 2.92. The third-order valence-electron chi connectivity index (χ3n) is 1.78. The zero-order valence-electron chi connectivity index (χ0n) is 9.04. The molecule has 0 aliphatic carbocycles. The van der Waals surface area contributed by atoms with Gasteiger partial charge in [-0.3, -0.25) is 0 Å². The normalized spacial score (nSPS) is 10.5. The van der Waals surface area contributed by atoms with Gasteiger partial charge in [0.2, 0.25) is 0 Å². The summed E-state index contributed by atoms with van der Waals surface area (Å²) in [6, 6.07) is 4.22. The molecule has 0 bridgehead atoms. The Morgan fingerprint density at radius 3 is 2.50 bits per heavy atom. The number of ether oxygens (including phenoxy) is 1. The van der Waals surface area contributed by atoms with Gasteiger partial charge in [-0.2, -0.15) is 0 Å². The summed E-state index contributed by atoms with van der Waals surface area (Å²) in [5.74, 6) is -0.737. The van der Waals surface area contributed by atoms with Gasteiger partial charge in [0, 0.05) is 0 Å². The van der Waals surface area contributed by atoms with E-state index in [1.165, 1.54) is 12.1 Å². The van der Waals surface area contributed by atoms with E-state index in [4.69, 9.17) is 0 Å². The minimum Gasteiger partial charge on any atom is -0.462 e. The van der Waals surface area contributed by atoms with Crippen molar-refractivity contribution in [3.63, 3.8) is 0 Å². The Kier molecular flexibility index (Phi) is 6.88. The molecule has 0 aliphatic rings. The van der Waals surface area contributed by atoms with Gasteiger partial charge < -0.3 is 17.7 Å². The first-order chi connectivity index (χ1) is 6.95. The molecule has 0 unspecified atom stereocenters. The Labute approximate surface area is 134 Å². The first-order valence-corrected chi connectivity index (χ1v) is 4.42. The van der Waals surface area contributed by atoms with Gasteiger partial charge in [0.15, 0.2) is 0 Å². The summed E-state index contributed by atoms with van der Waals surface area (Å²) in [4.78, 5) is 11.1. The molecule has 0 fully saturated rings. The van der Waals surface area contributed by atoms with Crippen LogP contribution in [0.3, 0.4) is 0 Å². The van der Waals surface area contributed by atoms with Crippen molar-refractivity contribution in [2.24, 2.45) is 0 Å². The number of benzene rings is 1. The van der Waals surface area contributed by atoms with E-state index < -0.39 is 18.4 Å². The zero-order chi connectivity index (χ0) is 11.5. The Morgan fingerprint density at radius 1 is 1.38 bits per heavy atom. The molecule has 82 valence electrons. The van der Waals surface area contributed by atoms with Crippen LogP contribution in [0.4, 0.5) is 12.9 Å². The first-order valence-electron chi connectivity index (χ1n) is 4.42. The average molecular weight is 256 g/mol. The largest absolute Gasteiger partial charge is 1.00 e. The Hall–Kier alpha value is 0.181. The maximum Gasteiger partial charge on any atom is 1.00 e. The van der Waals surface area contributed by atoms with Gasteiger partial charge >= 0.3 is 64.3 Å². The van der Waals surface area contributed by atoms with Crippen LogP contribution in [0, 0.1) is 0 Å². The molecule has 0 aliphatic heterocycles. The van der Waals surface area contributed by atoms with E-state index in [9.17, 15) is 17.7 Å². The van der Waals surface area contributed by atoms with Gasteiger partial charge in [-0.25, -0.2) is 4.79 Å². The molecule has 0 heterocycles. The van der Waals surface area contributed by atoms with Crippen LogP contribution >= 0.6 is 0 Å². The predicted octanol–water partition coefficient (Wildman–Crippen LogP) is -1.08. The van der Waals surface area contributed by atoms with E-state index in [1.54, 1.807) is 6.92 Å². The molecule has 0 atom stereocenters. The summed E-state index contributed by atoms with van der Waals surface area (Å²) in [7, 11) is 0. The zero-order valence-corrected chi connectivity index (χ0v) is 12.2. The van der Waals surface area contributed by atoms with Gasteiger partial charge in [0.1, 0.15) is 0 Å². The minimum atomic E-state index is -5.07. The molecule has 16 heavy (non-hydrogen) atoms. The van der Waals surface area contributed by atoms with Crippen LogP contribution in [0.25, 0.3) is 0 Å². The number of rotatable bonds is 3. The van der Waals surface area contributed by atoms with Gasteiger partial charge in [0.05, 0.1) is 12.2 Å². The molecule has 1 aromatic rings. The second kappa shape index (κ2) is 6.81. The smallest absolute Gasteiger partial charge is 0.462 e. The van der Waals surface area contributed by atoms with Crippen molar-refractivity contribution < 1.29 is 73.9 Å². The number of carbonyl (C=O) groups is 1. The van der Waals surface area contributed by atoms with Crippen LogP contribution in [0.1, 0.15) is 17.3 Å². The monoisotopic (exact) mass is 256 g/mol. The van der Waals surface area contributed by atoms with Crippen LogP contribution in [0.2, 0.25) is 0 Å². The third kappa shape index (κ3) is 4.59. The van der Waals surface area contributed by atoms with E-state index in [0.717, 1.165) is 12.1 Å². The molecule has 0 amide bonds. The number of carbonyl (C=O) groups excluding carboxylic acids is 1. The van der Waals surface area contributed by atoms with Gasteiger partial charge in [-0.15, -0.1) is 5.46 Å². The van der Waals surface area contributed by atoms with Crippen molar-refractivity contribution >= 4 is 18.4 Å². The average Bonchev–Trinajstić information content (AvgIpc) is 2.17. The molecule has 1 rings (SSSR count). The fraction of sp³-hybridized carbons (Fsp3) is 0.222. The van der Waals surface area contributed by atoms with Gasteiger partial charge in [-0.05, 0) is 13.0 Å². The Balaban J connectivity index is 0.00000225. The molecule has 2 nitrogen and oxygen atoms in total.